The second-order valence-corrected chi connectivity index (χ2v) is 4.08. The monoisotopic (exact) mass is 249 g/mol. The molecule has 0 bridgehead atoms. The van der Waals surface area contributed by atoms with E-state index in [4.69, 9.17) is 5.73 Å². The van der Waals surface area contributed by atoms with Crippen LogP contribution in [-0.4, -0.2) is 12.2 Å². The van der Waals surface area contributed by atoms with Crippen LogP contribution in [0, 0.1) is 6.92 Å². The highest BCUT2D eigenvalue weighted by Gasteiger charge is 2.32. The fourth-order valence-corrected chi connectivity index (χ4v) is 2.11. The smallest absolute Gasteiger partial charge is 0.366 e. The molecule has 2 nitrogen and oxygen atoms in total. The number of alkyl halides is 3. The van der Waals surface area contributed by atoms with E-state index in [2.05, 4.69) is 0 Å². The Morgan fingerprint density at radius 3 is 2.31 bits per heavy atom. The number of amides is 1. The summed E-state index contributed by atoms with van der Waals surface area (Å²) in [6, 6.07) is 1.87. The highest BCUT2D eigenvalue weighted by Crippen LogP contribution is 2.34. The summed E-state index contributed by atoms with van der Waals surface area (Å²) in [6.07, 6.45) is -2.81. The highest BCUT2D eigenvalue weighted by atomic mass is 32.2. The second-order valence-electron chi connectivity index (χ2n) is 3.23. The lowest BCUT2D eigenvalue weighted by Crippen LogP contribution is -2.16. The molecule has 0 atom stereocenters. The summed E-state index contributed by atoms with van der Waals surface area (Å²) in [6.45, 7) is 1.44. The normalized spacial score (nSPS) is 11.6. The first kappa shape index (κ1) is 12.9. The molecule has 0 spiro atoms. The van der Waals surface area contributed by atoms with Gasteiger partial charge in [-0.3, -0.25) is 4.79 Å². The highest BCUT2D eigenvalue weighted by molar-refractivity contribution is 7.98. The van der Waals surface area contributed by atoms with E-state index in [0.717, 1.165) is 23.9 Å². The minimum atomic E-state index is -4.41. The molecule has 1 rings (SSSR count). The number of carbonyl (C=O) groups is 1. The van der Waals surface area contributed by atoms with Crippen molar-refractivity contribution in [1.82, 2.24) is 0 Å². The molecule has 1 amide bonds. The van der Waals surface area contributed by atoms with Crippen LogP contribution in [0.4, 0.5) is 13.2 Å². The molecular weight excluding hydrogens is 239 g/mol. The van der Waals surface area contributed by atoms with Gasteiger partial charge < -0.3 is 5.73 Å². The maximum absolute atomic E-state index is 12.5. The number of carbonyl (C=O) groups excluding carboxylic acids is 1. The van der Waals surface area contributed by atoms with Crippen LogP contribution in [0.5, 0.6) is 0 Å². The maximum Gasteiger partial charge on any atom is 0.416 e. The van der Waals surface area contributed by atoms with Gasteiger partial charge in [0.25, 0.3) is 0 Å². The third kappa shape index (κ3) is 2.49. The van der Waals surface area contributed by atoms with Crippen molar-refractivity contribution < 1.29 is 18.0 Å². The van der Waals surface area contributed by atoms with Crippen molar-refractivity contribution in [3.05, 3.63) is 28.8 Å². The molecule has 0 aliphatic rings. The Morgan fingerprint density at radius 1 is 1.38 bits per heavy atom. The Hall–Kier alpha value is -1.17. The van der Waals surface area contributed by atoms with Gasteiger partial charge in [-0.25, -0.2) is 0 Å². The van der Waals surface area contributed by atoms with Crippen molar-refractivity contribution in [1.29, 1.82) is 0 Å². The lowest BCUT2D eigenvalue weighted by Gasteiger charge is -2.13. The number of aryl methyl sites for hydroxylation is 1. The van der Waals surface area contributed by atoms with Gasteiger partial charge in [-0.15, -0.1) is 11.8 Å². The van der Waals surface area contributed by atoms with Crippen LogP contribution in [0.3, 0.4) is 0 Å². The standard InChI is InChI=1S/C10H10F3NOS/c1-5-3-6(10(11,12)13)4-7(16-2)8(5)9(14)15/h3-4H,1-2H3,(H2,14,15). The SMILES string of the molecule is CSc1cc(C(F)(F)F)cc(C)c1C(N)=O. The first-order valence-electron chi connectivity index (χ1n) is 4.33. The van der Waals surface area contributed by atoms with E-state index in [1.165, 1.54) is 6.92 Å². The fraction of sp³-hybridized carbons (Fsp3) is 0.300. The number of hydrogen-bond acceptors (Lipinski definition) is 2. The molecule has 0 unspecified atom stereocenters. The quantitative estimate of drug-likeness (QED) is 0.819. The van der Waals surface area contributed by atoms with Gasteiger partial charge >= 0.3 is 6.18 Å². The third-order valence-corrected chi connectivity index (χ3v) is 2.85. The van der Waals surface area contributed by atoms with Crippen LogP contribution in [-0.2, 0) is 6.18 Å². The molecule has 1 aromatic carbocycles. The number of primary amides is 1. The molecular formula is C10H10F3NOS. The average molecular weight is 249 g/mol. The van der Waals surface area contributed by atoms with E-state index in [0.29, 0.717) is 0 Å². The fourth-order valence-electron chi connectivity index (χ4n) is 1.40. The summed E-state index contributed by atoms with van der Waals surface area (Å²) >= 11 is 1.07. The maximum atomic E-state index is 12.5. The number of halogens is 3. The molecule has 16 heavy (non-hydrogen) atoms. The molecule has 0 fully saturated rings. The second kappa shape index (κ2) is 4.37. The molecule has 0 radical (unpaired) electrons. The molecule has 0 heterocycles. The van der Waals surface area contributed by atoms with E-state index in [1.807, 2.05) is 0 Å². The van der Waals surface area contributed by atoms with Crippen molar-refractivity contribution in [2.75, 3.05) is 6.26 Å². The molecule has 0 saturated carbocycles. The molecule has 0 saturated heterocycles. The largest absolute Gasteiger partial charge is 0.416 e. The summed E-state index contributed by atoms with van der Waals surface area (Å²) in [4.78, 5) is 11.3. The lowest BCUT2D eigenvalue weighted by molar-refractivity contribution is -0.137. The van der Waals surface area contributed by atoms with Crippen LogP contribution >= 0.6 is 11.8 Å². The Balaban J connectivity index is 3.44. The van der Waals surface area contributed by atoms with E-state index in [-0.39, 0.29) is 16.0 Å². The van der Waals surface area contributed by atoms with Crippen molar-refractivity contribution in [2.24, 2.45) is 5.73 Å². The Morgan fingerprint density at radius 2 is 1.94 bits per heavy atom. The zero-order valence-corrected chi connectivity index (χ0v) is 9.50. The number of rotatable bonds is 2. The van der Waals surface area contributed by atoms with Crippen LogP contribution in [0.15, 0.2) is 17.0 Å². The number of nitrogens with two attached hydrogens (primary N) is 1. The van der Waals surface area contributed by atoms with E-state index in [1.54, 1.807) is 6.26 Å². The minimum Gasteiger partial charge on any atom is -0.366 e. The predicted molar refractivity (Wildman–Crippen MR) is 56.5 cm³/mol. The number of thioether (sulfide) groups is 1. The molecule has 1 aromatic rings. The summed E-state index contributed by atoms with van der Waals surface area (Å²) < 4.78 is 37.5. The zero-order valence-electron chi connectivity index (χ0n) is 8.68. The van der Waals surface area contributed by atoms with E-state index >= 15 is 0 Å². The van der Waals surface area contributed by atoms with Crippen LogP contribution < -0.4 is 5.73 Å². The first-order chi connectivity index (χ1) is 7.27. The molecule has 0 aliphatic carbocycles. The van der Waals surface area contributed by atoms with Gasteiger partial charge in [0.1, 0.15) is 0 Å². The molecule has 6 heteroatoms. The van der Waals surface area contributed by atoms with Crippen LogP contribution in [0.1, 0.15) is 21.5 Å². The molecule has 0 aromatic heterocycles. The average Bonchev–Trinajstić information content (AvgIpc) is 2.14. The topological polar surface area (TPSA) is 43.1 Å². The van der Waals surface area contributed by atoms with Crippen molar-refractivity contribution in [2.45, 2.75) is 18.0 Å². The van der Waals surface area contributed by atoms with E-state index in [9.17, 15) is 18.0 Å². The third-order valence-electron chi connectivity index (χ3n) is 2.09. The summed E-state index contributed by atoms with van der Waals surface area (Å²) in [7, 11) is 0. The van der Waals surface area contributed by atoms with Crippen molar-refractivity contribution in [3.63, 3.8) is 0 Å². The van der Waals surface area contributed by atoms with Gasteiger partial charge in [0.15, 0.2) is 0 Å². The number of hydrogen-bond donors (Lipinski definition) is 1. The van der Waals surface area contributed by atoms with Gasteiger partial charge in [0.05, 0.1) is 11.1 Å². The van der Waals surface area contributed by atoms with Gasteiger partial charge in [-0.1, -0.05) is 0 Å². The van der Waals surface area contributed by atoms with Gasteiger partial charge in [0, 0.05) is 4.90 Å². The zero-order chi connectivity index (χ0) is 12.5. The summed E-state index contributed by atoms with van der Waals surface area (Å²) in [5.74, 6) is -0.712. The molecule has 2 N–H and O–H groups in total. The Kier molecular flexibility index (Phi) is 3.52. The van der Waals surface area contributed by atoms with Crippen LogP contribution in [0.25, 0.3) is 0 Å². The molecule has 88 valence electrons. The lowest BCUT2D eigenvalue weighted by atomic mass is 10.0. The summed E-state index contributed by atoms with van der Waals surface area (Å²) in [5, 5.41) is 0. The first-order valence-corrected chi connectivity index (χ1v) is 5.55. The van der Waals surface area contributed by atoms with Gasteiger partial charge in [0.2, 0.25) is 5.91 Å². The summed E-state index contributed by atoms with van der Waals surface area (Å²) in [5.41, 5.74) is 4.75. The van der Waals surface area contributed by atoms with Crippen molar-refractivity contribution >= 4 is 17.7 Å². The predicted octanol–water partition coefficient (Wildman–Crippen LogP) is 2.83. The Labute approximate surface area is 95.0 Å². The Bertz CT molecular complexity index is 429. The van der Waals surface area contributed by atoms with Crippen LogP contribution in [0.2, 0.25) is 0 Å². The van der Waals surface area contributed by atoms with Gasteiger partial charge in [-0.2, -0.15) is 13.2 Å². The molecule has 0 aliphatic heterocycles. The number of benzene rings is 1. The van der Waals surface area contributed by atoms with E-state index < -0.39 is 17.6 Å². The minimum absolute atomic E-state index is 0.153. The van der Waals surface area contributed by atoms with Crippen molar-refractivity contribution in [3.8, 4) is 0 Å². The van der Waals surface area contributed by atoms with Gasteiger partial charge in [-0.05, 0) is 30.9 Å².